The SMILES string of the molecule is CCOC(=O)c1ccc(N[C@@](NS(=O)(=O)c2ccccc2)(C(=O)OCC)C(F)(F)F)cc1. The molecule has 2 aromatic rings. The molecule has 0 spiro atoms. The number of hydrogen-bond acceptors (Lipinski definition) is 7. The summed E-state index contributed by atoms with van der Waals surface area (Å²) in [5.74, 6) is -2.60. The van der Waals surface area contributed by atoms with E-state index in [9.17, 15) is 31.2 Å². The summed E-state index contributed by atoms with van der Waals surface area (Å²) in [5.41, 5.74) is -4.10. The van der Waals surface area contributed by atoms with Crippen LogP contribution >= 0.6 is 0 Å². The van der Waals surface area contributed by atoms with E-state index in [2.05, 4.69) is 4.74 Å². The first-order valence-electron chi connectivity index (χ1n) is 9.35. The molecule has 174 valence electrons. The lowest BCUT2D eigenvalue weighted by Gasteiger charge is -2.35. The van der Waals surface area contributed by atoms with E-state index < -0.39 is 45.3 Å². The number of hydrogen-bond donors (Lipinski definition) is 2. The van der Waals surface area contributed by atoms with Gasteiger partial charge in [0.1, 0.15) is 0 Å². The molecule has 0 aliphatic rings. The van der Waals surface area contributed by atoms with Crippen LogP contribution in [0, 0.1) is 0 Å². The van der Waals surface area contributed by atoms with Crippen molar-refractivity contribution in [2.24, 2.45) is 0 Å². The summed E-state index contributed by atoms with van der Waals surface area (Å²) >= 11 is 0. The van der Waals surface area contributed by atoms with Crippen LogP contribution in [0.15, 0.2) is 59.5 Å². The van der Waals surface area contributed by atoms with E-state index in [0.29, 0.717) is 0 Å². The first-order chi connectivity index (χ1) is 15.0. The number of carbonyl (C=O) groups is 2. The minimum atomic E-state index is -5.46. The van der Waals surface area contributed by atoms with Gasteiger partial charge in [0.15, 0.2) is 0 Å². The van der Waals surface area contributed by atoms with Gasteiger partial charge >= 0.3 is 18.1 Å². The maximum atomic E-state index is 14.2. The normalized spacial score (nSPS) is 13.7. The van der Waals surface area contributed by atoms with Gasteiger partial charge in [-0.25, -0.2) is 18.0 Å². The third-order valence-corrected chi connectivity index (χ3v) is 5.54. The molecular formula is C20H21F3N2O6S. The number of ether oxygens (including phenoxy) is 2. The number of halogens is 3. The first-order valence-corrected chi connectivity index (χ1v) is 10.8. The molecule has 0 saturated heterocycles. The Kier molecular flexibility index (Phi) is 7.86. The minimum Gasteiger partial charge on any atom is -0.463 e. The number of esters is 2. The van der Waals surface area contributed by atoms with E-state index in [0.717, 1.165) is 36.4 Å². The maximum absolute atomic E-state index is 14.2. The standard InChI is InChI=1S/C20H21F3N2O6S/c1-3-30-17(26)14-10-12-15(13-11-14)24-19(20(21,22)23,18(27)31-4-2)25-32(28,29)16-8-6-5-7-9-16/h5-13,24-25H,3-4H2,1-2H3/t19-/m1/s1. The molecular weight excluding hydrogens is 453 g/mol. The summed E-state index contributed by atoms with van der Waals surface area (Å²) in [6, 6.07) is 10.7. The average molecular weight is 474 g/mol. The molecule has 0 fully saturated rings. The number of sulfonamides is 1. The Morgan fingerprint density at radius 2 is 1.47 bits per heavy atom. The van der Waals surface area contributed by atoms with Crippen LogP contribution in [0.3, 0.4) is 0 Å². The molecule has 0 heterocycles. The Morgan fingerprint density at radius 1 is 0.906 bits per heavy atom. The summed E-state index contributed by atoms with van der Waals surface area (Å²) in [7, 11) is -4.82. The highest BCUT2D eigenvalue weighted by atomic mass is 32.2. The van der Waals surface area contributed by atoms with Crippen molar-refractivity contribution in [3.63, 3.8) is 0 Å². The molecule has 32 heavy (non-hydrogen) atoms. The number of alkyl halides is 3. The van der Waals surface area contributed by atoms with Crippen molar-refractivity contribution >= 4 is 27.6 Å². The van der Waals surface area contributed by atoms with E-state index in [1.165, 1.54) is 29.8 Å². The molecule has 2 N–H and O–H groups in total. The van der Waals surface area contributed by atoms with Crippen molar-refractivity contribution in [1.29, 1.82) is 0 Å². The van der Waals surface area contributed by atoms with Gasteiger partial charge in [-0.1, -0.05) is 18.2 Å². The second kappa shape index (κ2) is 10.0. The molecule has 0 bridgehead atoms. The van der Waals surface area contributed by atoms with Gasteiger partial charge in [0.25, 0.3) is 5.66 Å². The van der Waals surface area contributed by atoms with Crippen LogP contribution in [0.1, 0.15) is 24.2 Å². The number of carbonyl (C=O) groups excluding carboxylic acids is 2. The van der Waals surface area contributed by atoms with Gasteiger partial charge in [0.2, 0.25) is 10.0 Å². The lowest BCUT2D eigenvalue weighted by Crippen LogP contribution is -2.69. The average Bonchev–Trinajstić information content (AvgIpc) is 2.73. The summed E-state index contributed by atoms with van der Waals surface area (Å²) < 4.78 is 78.8. The van der Waals surface area contributed by atoms with Gasteiger partial charge in [0.05, 0.1) is 23.7 Å². The molecule has 0 aliphatic carbocycles. The van der Waals surface area contributed by atoms with E-state index in [1.54, 1.807) is 6.92 Å². The highest BCUT2D eigenvalue weighted by Crippen LogP contribution is 2.34. The van der Waals surface area contributed by atoms with Crippen molar-refractivity contribution in [2.45, 2.75) is 30.6 Å². The molecule has 12 heteroatoms. The quantitative estimate of drug-likeness (QED) is 0.425. The zero-order valence-electron chi connectivity index (χ0n) is 17.1. The van der Waals surface area contributed by atoms with Crippen molar-refractivity contribution in [3.05, 3.63) is 60.2 Å². The monoisotopic (exact) mass is 474 g/mol. The molecule has 1 atom stereocenters. The Labute approximate surface area is 182 Å². The van der Waals surface area contributed by atoms with Crippen LogP contribution in [-0.4, -0.2) is 45.4 Å². The Bertz CT molecular complexity index is 1040. The zero-order valence-corrected chi connectivity index (χ0v) is 17.9. The highest BCUT2D eigenvalue weighted by Gasteiger charge is 2.64. The molecule has 2 aromatic carbocycles. The van der Waals surface area contributed by atoms with E-state index in [4.69, 9.17) is 4.74 Å². The molecule has 0 unspecified atom stereocenters. The predicted molar refractivity (Wildman–Crippen MR) is 108 cm³/mol. The smallest absolute Gasteiger partial charge is 0.437 e. The van der Waals surface area contributed by atoms with Gasteiger partial charge in [-0.2, -0.15) is 17.9 Å². The van der Waals surface area contributed by atoms with Crippen LogP contribution in [0.25, 0.3) is 0 Å². The van der Waals surface area contributed by atoms with Crippen LogP contribution < -0.4 is 10.0 Å². The van der Waals surface area contributed by atoms with Crippen LogP contribution in [0.5, 0.6) is 0 Å². The highest BCUT2D eigenvalue weighted by molar-refractivity contribution is 7.89. The molecule has 0 aromatic heterocycles. The zero-order chi connectivity index (χ0) is 24.0. The van der Waals surface area contributed by atoms with Gasteiger partial charge < -0.3 is 14.8 Å². The third kappa shape index (κ3) is 5.56. The number of rotatable bonds is 9. The molecule has 0 aliphatic heterocycles. The van der Waals surface area contributed by atoms with Crippen molar-refractivity contribution < 1.29 is 40.7 Å². The second-order valence-electron chi connectivity index (χ2n) is 6.31. The summed E-state index contributed by atoms with van der Waals surface area (Å²) in [6.07, 6.45) is -5.46. The Morgan fingerprint density at radius 3 is 1.97 bits per heavy atom. The number of nitrogens with one attached hydrogen (secondary N) is 2. The Balaban J connectivity index is 2.53. The van der Waals surface area contributed by atoms with Crippen molar-refractivity contribution in [3.8, 4) is 0 Å². The summed E-state index contributed by atoms with van der Waals surface area (Å²) in [6.45, 7) is 2.52. The third-order valence-electron chi connectivity index (χ3n) is 4.08. The van der Waals surface area contributed by atoms with E-state index >= 15 is 0 Å². The van der Waals surface area contributed by atoms with Gasteiger partial charge in [-0.15, -0.1) is 0 Å². The van der Waals surface area contributed by atoms with Gasteiger partial charge in [-0.3, -0.25) is 0 Å². The largest absolute Gasteiger partial charge is 0.463 e. The summed E-state index contributed by atoms with van der Waals surface area (Å²) in [5, 5.41) is 1.90. The first kappa shape index (κ1) is 25.1. The van der Waals surface area contributed by atoms with Crippen LogP contribution in [0.2, 0.25) is 0 Å². The summed E-state index contributed by atoms with van der Waals surface area (Å²) in [4.78, 5) is 23.7. The lowest BCUT2D eigenvalue weighted by molar-refractivity contribution is -0.202. The fraction of sp³-hybridized carbons (Fsp3) is 0.300. The molecule has 2 rings (SSSR count). The fourth-order valence-electron chi connectivity index (χ4n) is 2.58. The number of anilines is 1. The Hall–Kier alpha value is -3.12. The van der Waals surface area contributed by atoms with E-state index in [1.807, 2.05) is 5.32 Å². The van der Waals surface area contributed by atoms with Crippen molar-refractivity contribution in [2.75, 3.05) is 18.5 Å². The maximum Gasteiger partial charge on any atom is 0.437 e. The predicted octanol–water partition coefficient (Wildman–Crippen LogP) is 3.08. The lowest BCUT2D eigenvalue weighted by atomic mass is 10.1. The number of benzene rings is 2. The minimum absolute atomic E-state index is 0.0519. The van der Waals surface area contributed by atoms with Gasteiger partial charge in [-0.05, 0) is 50.2 Å². The van der Waals surface area contributed by atoms with Crippen molar-refractivity contribution in [1.82, 2.24) is 4.72 Å². The van der Waals surface area contributed by atoms with Gasteiger partial charge in [0, 0.05) is 5.69 Å². The van der Waals surface area contributed by atoms with Crippen LogP contribution in [-0.2, 0) is 24.3 Å². The molecule has 0 saturated carbocycles. The molecule has 8 nitrogen and oxygen atoms in total. The molecule has 0 amide bonds. The second-order valence-corrected chi connectivity index (χ2v) is 7.99. The fourth-order valence-corrected chi connectivity index (χ4v) is 3.87. The van der Waals surface area contributed by atoms with E-state index in [-0.39, 0.29) is 17.9 Å². The topological polar surface area (TPSA) is 111 Å². The molecule has 0 radical (unpaired) electrons. The van der Waals surface area contributed by atoms with Crippen LogP contribution in [0.4, 0.5) is 18.9 Å².